The molecule has 1 heterocycles. The molecule has 1 atom stereocenters. The van der Waals surface area contributed by atoms with Gasteiger partial charge in [-0.15, -0.1) is 0 Å². The van der Waals surface area contributed by atoms with Crippen LogP contribution in [0.25, 0.3) is 0 Å². The smallest absolute Gasteiger partial charge is 0.224 e. The van der Waals surface area contributed by atoms with E-state index in [1.165, 1.54) is 10.4 Å². The number of piperidine rings is 1. The summed E-state index contributed by atoms with van der Waals surface area (Å²) in [7, 11) is -3.61. The molecule has 0 spiro atoms. The molecule has 1 N–H and O–H groups in total. The van der Waals surface area contributed by atoms with Crippen LogP contribution in [0.1, 0.15) is 37.8 Å². The molecule has 9 heteroatoms. The third-order valence-electron chi connectivity index (χ3n) is 5.24. The zero-order chi connectivity index (χ0) is 23.3. The first-order valence-corrected chi connectivity index (χ1v) is 13.0. The van der Waals surface area contributed by atoms with Gasteiger partial charge in [0.15, 0.2) is 0 Å². The number of hydrogen-bond donors (Lipinski definition) is 1. The Bertz CT molecular complexity index is 1060. The largest absolute Gasteiger partial charge is 0.491 e. The number of carbonyl (C=O) groups is 1. The maximum atomic E-state index is 13.0. The number of ether oxygens (including phenoxy) is 1. The van der Waals surface area contributed by atoms with Crippen molar-refractivity contribution in [3.05, 3.63) is 63.6 Å². The molecule has 0 saturated carbocycles. The molecule has 6 nitrogen and oxygen atoms in total. The van der Waals surface area contributed by atoms with E-state index in [2.05, 4.69) is 5.32 Å². The second-order valence-electron chi connectivity index (χ2n) is 8.22. The van der Waals surface area contributed by atoms with Crippen LogP contribution in [0.5, 0.6) is 5.75 Å². The van der Waals surface area contributed by atoms with E-state index in [0.717, 1.165) is 11.3 Å². The lowest BCUT2D eigenvalue weighted by molar-refractivity contribution is -0.126. The molecule has 174 valence electrons. The first kappa shape index (κ1) is 24.8. The number of sulfonamides is 1. The van der Waals surface area contributed by atoms with E-state index in [1.54, 1.807) is 12.1 Å². The highest BCUT2D eigenvalue weighted by molar-refractivity contribution is 7.88. The number of hydrogen-bond acceptors (Lipinski definition) is 4. The molecule has 0 bridgehead atoms. The van der Waals surface area contributed by atoms with Crippen LogP contribution in [0.4, 0.5) is 0 Å². The second kappa shape index (κ2) is 10.9. The molecule has 1 fully saturated rings. The molecule has 2 aromatic rings. The summed E-state index contributed by atoms with van der Waals surface area (Å²) in [4.78, 5) is 12.8. The Kier molecular flexibility index (Phi) is 8.44. The minimum atomic E-state index is -3.61. The Hall–Kier alpha value is -1.80. The summed E-state index contributed by atoms with van der Waals surface area (Å²) in [5.74, 6) is -0.0126. The normalized spacial score (nSPS) is 17.3. The number of benzene rings is 2. The fourth-order valence-electron chi connectivity index (χ4n) is 3.67. The summed E-state index contributed by atoms with van der Waals surface area (Å²) in [5, 5.41) is 3.70. The van der Waals surface area contributed by atoms with Crippen LogP contribution in [0.2, 0.25) is 10.0 Å². The van der Waals surface area contributed by atoms with E-state index >= 15 is 0 Å². The van der Waals surface area contributed by atoms with Gasteiger partial charge in [0.2, 0.25) is 15.9 Å². The van der Waals surface area contributed by atoms with Gasteiger partial charge in [-0.2, -0.15) is 0 Å². The van der Waals surface area contributed by atoms with Crippen LogP contribution in [0.3, 0.4) is 0 Å². The van der Waals surface area contributed by atoms with Crippen molar-refractivity contribution in [2.24, 2.45) is 5.92 Å². The van der Waals surface area contributed by atoms with Gasteiger partial charge in [0.1, 0.15) is 5.75 Å². The summed E-state index contributed by atoms with van der Waals surface area (Å²) in [5.41, 5.74) is 1.42. The maximum absolute atomic E-state index is 13.0. The van der Waals surface area contributed by atoms with E-state index in [4.69, 9.17) is 27.9 Å². The SMILES string of the molecule is CC(C)Oc1cccc(CNC(=O)C2CCCN(S(=O)(=O)Cc3ccc(Cl)cc3Cl)C2)c1. The average Bonchev–Trinajstić information content (AvgIpc) is 2.74. The van der Waals surface area contributed by atoms with Crippen LogP contribution in [0, 0.1) is 5.92 Å². The van der Waals surface area contributed by atoms with Crippen molar-refractivity contribution in [3.63, 3.8) is 0 Å². The Morgan fingerprint density at radius 2 is 2.00 bits per heavy atom. The molecule has 0 aliphatic carbocycles. The first-order chi connectivity index (χ1) is 15.1. The summed E-state index contributed by atoms with van der Waals surface area (Å²) in [6, 6.07) is 12.3. The Labute approximate surface area is 199 Å². The molecule has 1 saturated heterocycles. The highest BCUT2D eigenvalue weighted by Crippen LogP contribution is 2.26. The van der Waals surface area contributed by atoms with Gasteiger partial charge in [-0.25, -0.2) is 12.7 Å². The van der Waals surface area contributed by atoms with Gasteiger partial charge in [0.05, 0.1) is 17.8 Å². The highest BCUT2D eigenvalue weighted by Gasteiger charge is 2.32. The number of nitrogens with zero attached hydrogens (tertiary/aromatic N) is 1. The summed E-state index contributed by atoms with van der Waals surface area (Å²) >= 11 is 12.1. The Morgan fingerprint density at radius 1 is 1.22 bits per heavy atom. The molecule has 0 radical (unpaired) electrons. The van der Waals surface area contributed by atoms with E-state index < -0.39 is 15.9 Å². The molecule has 1 amide bonds. The average molecular weight is 499 g/mol. The molecule has 1 aliphatic rings. The van der Waals surface area contributed by atoms with Crippen LogP contribution in [0.15, 0.2) is 42.5 Å². The maximum Gasteiger partial charge on any atom is 0.224 e. The zero-order valence-electron chi connectivity index (χ0n) is 18.2. The second-order valence-corrected chi connectivity index (χ2v) is 11.0. The monoisotopic (exact) mass is 498 g/mol. The molecule has 1 unspecified atom stereocenters. The van der Waals surface area contributed by atoms with Crippen molar-refractivity contribution in [2.75, 3.05) is 13.1 Å². The third-order valence-corrected chi connectivity index (χ3v) is 7.62. The lowest BCUT2D eigenvalue weighted by atomic mass is 9.99. The standard InChI is InChI=1S/C23H28Cl2N2O4S/c1-16(2)31-21-7-3-5-17(11-21)13-26-23(28)18-6-4-10-27(14-18)32(29,30)15-19-8-9-20(24)12-22(19)25/h3,5,7-9,11-12,16,18H,4,6,10,13-15H2,1-2H3,(H,26,28). The van der Waals surface area contributed by atoms with Gasteiger partial charge >= 0.3 is 0 Å². The molecule has 32 heavy (non-hydrogen) atoms. The van der Waals surface area contributed by atoms with E-state index in [9.17, 15) is 13.2 Å². The van der Waals surface area contributed by atoms with Crippen molar-refractivity contribution in [1.29, 1.82) is 0 Å². The predicted octanol–water partition coefficient (Wildman–Crippen LogP) is 4.64. The predicted molar refractivity (Wildman–Crippen MR) is 127 cm³/mol. The minimum absolute atomic E-state index is 0.0674. The van der Waals surface area contributed by atoms with Crippen molar-refractivity contribution >= 4 is 39.1 Å². The molecule has 1 aliphatic heterocycles. The van der Waals surface area contributed by atoms with Crippen molar-refractivity contribution in [2.45, 2.75) is 45.1 Å². The topological polar surface area (TPSA) is 75.7 Å². The number of carbonyl (C=O) groups excluding carboxylic acids is 1. The summed E-state index contributed by atoms with van der Waals surface area (Å²) in [6.07, 6.45) is 1.34. The van der Waals surface area contributed by atoms with Gasteiger partial charge in [-0.05, 0) is 62.1 Å². The quantitative estimate of drug-likeness (QED) is 0.575. The van der Waals surface area contributed by atoms with Gasteiger partial charge < -0.3 is 10.1 Å². The lowest BCUT2D eigenvalue weighted by Crippen LogP contribution is -2.45. The van der Waals surface area contributed by atoms with Gasteiger partial charge in [-0.1, -0.05) is 41.4 Å². The lowest BCUT2D eigenvalue weighted by Gasteiger charge is -2.31. The summed E-state index contributed by atoms with van der Waals surface area (Å²) in [6.45, 7) is 4.83. The van der Waals surface area contributed by atoms with Gasteiger partial charge in [0, 0.05) is 29.7 Å². The fraction of sp³-hybridized carbons (Fsp3) is 0.435. The molecule has 0 aromatic heterocycles. The number of amides is 1. The zero-order valence-corrected chi connectivity index (χ0v) is 20.5. The molecule has 3 rings (SSSR count). The third kappa shape index (κ3) is 6.85. The fourth-order valence-corrected chi connectivity index (χ4v) is 5.87. The molecule has 2 aromatic carbocycles. The van der Waals surface area contributed by atoms with Crippen LogP contribution >= 0.6 is 23.2 Å². The van der Waals surface area contributed by atoms with Crippen molar-refractivity contribution in [1.82, 2.24) is 9.62 Å². The highest BCUT2D eigenvalue weighted by atomic mass is 35.5. The van der Waals surface area contributed by atoms with Gasteiger partial charge in [-0.3, -0.25) is 4.79 Å². The minimum Gasteiger partial charge on any atom is -0.491 e. The molecular formula is C23H28Cl2N2O4S. The van der Waals surface area contributed by atoms with Crippen LogP contribution in [-0.4, -0.2) is 37.8 Å². The number of nitrogens with one attached hydrogen (secondary N) is 1. The summed E-state index contributed by atoms with van der Waals surface area (Å²) < 4.78 is 33.0. The van der Waals surface area contributed by atoms with Gasteiger partial charge in [0.25, 0.3) is 0 Å². The van der Waals surface area contributed by atoms with E-state index in [0.29, 0.717) is 41.5 Å². The Balaban J connectivity index is 1.59. The van der Waals surface area contributed by atoms with Crippen molar-refractivity contribution in [3.8, 4) is 5.75 Å². The van der Waals surface area contributed by atoms with E-state index in [1.807, 2.05) is 38.1 Å². The Morgan fingerprint density at radius 3 is 2.72 bits per heavy atom. The molecular weight excluding hydrogens is 471 g/mol. The first-order valence-electron chi connectivity index (χ1n) is 10.6. The van der Waals surface area contributed by atoms with E-state index in [-0.39, 0.29) is 24.3 Å². The van der Waals surface area contributed by atoms with Crippen molar-refractivity contribution < 1.29 is 17.9 Å². The number of halogens is 2. The number of rotatable bonds is 8. The van der Waals surface area contributed by atoms with Crippen LogP contribution in [-0.2, 0) is 27.1 Å². The van der Waals surface area contributed by atoms with Crippen LogP contribution < -0.4 is 10.1 Å².